The number of hydrogen-bond donors (Lipinski definition) is 2. The van der Waals surface area contributed by atoms with Gasteiger partial charge in [-0.15, -0.1) is 0 Å². The van der Waals surface area contributed by atoms with Crippen LogP contribution in [0.4, 0.5) is 5.82 Å². The number of rotatable bonds is 4. The Morgan fingerprint density at radius 2 is 2.00 bits per heavy atom. The minimum absolute atomic E-state index is 0.102. The number of phenolic OH excluding ortho intramolecular Hbond substituents is 1. The zero-order valence-electron chi connectivity index (χ0n) is 12.1. The number of anilines is 1. The highest BCUT2D eigenvalue weighted by Gasteiger charge is 2.10. The summed E-state index contributed by atoms with van der Waals surface area (Å²) in [5.74, 6) is 1.19. The predicted molar refractivity (Wildman–Crippen MR) is 82.5 cm³/mol. The highest BCUT2D eigenvalue weighted by atomic mass is 16.3. The molecule has 0 aliphatic carbocycles. The molecular weight excluding hydrogens is 264 g/mol. The van der Waals surface area contributed by atoms with Gasteiger partial charge in [-0.25, -0.2) is 4.98 Å². The fourth-order valence-corrected chi connectivity index (χ4v) is 2.32. The van der Waals surface area contributed by atoms with Crippen LogP contribution in [0.3, 0.4) is 0 Å². The van der Waals surface area contributed by atoms with Crippen molar-refractivity contribution in [2.45, 2.75) is 26.3 Å². The van der Waals surface area contributed by atoms with Crippen molar-refractivity contribution in [2.24, 2.45) is 0 Å². The maximum absolute atomic E-state index is 9.37. The molecule has 1 unspecified atom stereocenters. The zero-order chi connectivity index (χ0) is 14.8. The first-order valence-corrected chi connectivity index (χ1v) is 7.06. The van der Waals surface area contributed by atoms with Gasteiger partial charge in [0.15, 0.2) is 5.65 Å². The number of benzene rings is 1. The molecule has 108 valence electrons. The van der Waals surface area contributed by atoms with Crippen molar-refractivity contribution < 1.29 is 5.11 Å². The van der Waals surface area contributed by atoms with Gasteiger partial charge in [-0.1, -0.05) is 19.1 Å². The maximum atomic E-state index is 9.37. The van der Waals surface area contributed by atoms with Gasteiger partial charge in [0.2, 0.25) is 0 Å². The molecule has 0 aliphatic heterocycles. The van der Waals surface area contributed by atoms with E-state index < -0.39 is 0 Å². The molecule has 3 rings (SSSR count). The van der Waals surface area contributed by atoms with E-state index in [-0.39, 0.29) is 11.8 Å². The van der Waals surface area contributed by atoms with Gasteiger partial charge in [0.1, 0.15) is 11.6 Å². The van der Waals surface area contributed by atoms with Crippen molar-refractivity contribution in [2.75, 3.05) is 5.32 Å². The van der Waals surface area contributed by atoms with Crippen LogP contribution in [0.25, 0.3) is 5.65 Å². The van der Waals surface area contributed by atoms with Gasteiger partial charge in [0.25, 0.3) is 0 Å². The molecule has 5 heteroatoms. The van der Waals surface area contributed by atoms with Gasteiger partial charge in [0.05, 0.1) is 6.20 Å². The number of nitrogens with zero attached hydrogens (tertiary/aromatic N) is 3. The van der Waals surface area contributed by atoms with Crippen LogP contribution in [0.5, 0.6) is 5.75 Å². The molecule has 2 aromatic heterocycles. The standard InChI is InChI=1S/C16H18N4O/c1-3-13-10-16(20-15(19-13)8-9-17-20)18-11(2)12-4-6-14(21)7-5-12/h4-11,18,21H,3H2,1-2H3. The number of aryl methyl sites for hydroxylation is 1. The molecule has 0 saturated heterocycles. The Bertz CT molecular complexity index is 749. The van der Waals surface area contributed by atoms with E-state index in [9.17, 15) is 5.11 Å². The summed E-state index contributed by atoms with van der Waals surface area (Å²) >= 11 is 0. The molecule has 5 nitrogen and oxygen atoms in total. The molecular formula is C16H18N4O. The molecule has 0 amide bonds. The van der Waals surface area contributed by atoms with Crippen LogP contribution >= 0.6 is 0 Å². The molecule has 21 heavy (non-hydrogen) atoms. The molecule has 0 fully saturated rings. The lowest BCUT2D eigenvalue weighted by atomic mass is 10.1. The van der Waals surface area contributed by atoms with Crippen LogP contribution < -0.4 is 5.32 Å². The first-order chi connectivity index (χ1) is 10.2. The number of aromatic hydroxyl groups is 1. The molecule has 0 spiro atoms. The molecule has 2 N–H and O–H groups in total. The number of hydrogen-bond acceptors (Lipinski definition) is 4. The van der Waals surface area contributed by atoms with E-state index in [0.29, 0.717) is 0 Å². The van der Waals surface area contributed by atoms with E-state index in [2.05, 4.69) is 29.2 Å². The minimum atomic E-state index is 0.102. The molecule has 1 atom stereocenters. The normalized spacial score (nSPS) is 12.5. The van der Waals surface area contributed by atoms with Crippen molar-refractivity contribution >= 4 is 11.5 Å². The van der Waals surface area contributed by atoms with E-state index in [1.807, 2.05) is 24.3 Å². The lowest BCUT2D eigenvalue weighted by Crippen LogP contribution is -2.11. The Hall–Kier alpha value is -2.56. The van der Waals surface area contributed by atoms with Crippen molar-refractivity contribution in [3.63, 3.8) is 0 Å². The highest BCUT2D eigenvalue weighted by Crippen LogP contribution is 2.22. The summed E-state index contributed by atoms with van der Waals surface area (Å²) < 4.78 is 1.80. The summed E-state index contributed by atoms with van der Waals surface area (Å²) in [5.41, 5.74) is 2.97. The van der Waals surface area contributed by atoms with Crippen molar-refractivity contribution in [1.82, 2.24) is 14.6 Å². The third-order valence-corrected chi connectivity index (χ3v) is 3.53. The van der Waals surface area contributed by atoms with Crippen LogP contribution in [0.15, 0.2) is 42.6 Å². The summed E-state index contributed by atoms with van der Waals surface area (Å²) in [6.07, 6.45) is 2.63. The van der Waals surface area contributed by atoms with Crippen molar-refractivity contribution in [3.8, 4) is 5.75 Å². The Morgan fingerprint density at radius 3 is 2.71 bits per heavy atom. The van der Waals surface area contributed by atoms with Gasteiger partial charge in [0, 0.05) is 23.9 Å². The summed E-state index contributed by atoms with van der Waals surface area (Å²) in [4.78, 5) is 4.53. The first kappa shape index (κ1) is 13.4. The molecule has 3 aromatic rings. The minimum Gasteiger partial charge on any atom is -0.508 e. The van der Waals surface area contributed by atoms with Gasteiger partial charge in [-0.2, -0.15) is 9.61 Å². The Morgan fingerprint density at radius 1 is 1.24 bits per heavy atom. The molecule has 2 heterocycles. The number of phenols is 1. The molecule has 0 aliphatic rings. The van der Waals surface area contributed by atoms with Crippen LogP contribution in [0, 0.1) is 0 Å². The summed E-state index contributed by atoms with van der Waals surface area (Å²) in [6, 6.07) is 11.2. The maximum Gasteiger partial charge on any atom is 0.157 e. The second kappa shape index (κ2) is 5.44. The van der Waals surface area contributed by atoms with Crippen LogP contribution in [-0.2, 0) is 6.42 Å². The van der Waals surface area contributed by atoms with E-state index in [4.69, 9.17) is 0 Å². The number of aromatic nitrogens is 3. The van der Waals surface area contributed by atoms with Crippen LogP contribution in [-0.4, -0.2) is 19.7 Å². The van der Waals surface area contributed by atoms with Crippen LogP contribution in [0.2, 0.25) is 0 Å². The average molecular weight is 282 g/mol. The second-order valence-corrected chi connectivity index (χ2v) is 5.05. The van der Waals surface area contributed by atoms with Crippen LogP contribution in [0.1, 0.15) is 31.1 Å². The van der Waals surface area contributed by atoms with E-state index in [1.54, 1.807) is 22.8 Å². The average Bonchev–Trinajstić information content (AvgIpc) is 2.96. The first-order valence-electron chi connectivity index (χ1n) is 7.06. The Balaban J connectivity index is 1.93. The number of nitrogens with one attached hydrogen (secondary N) is 1. The Kier molecular flexibility index (Phi) is 3.48. The van der Waals surface area contributed by atoms with Gasteiger partial charge >= 0.3 is 0 Å². The lowest BCUT2D eigenvalue weighted by molar-refractivity contribution is 0.475. The van der Waals surface area contributed by atoms with E-state index >= 15 is 0 Å². The van der Waals surface area contributed by atoms with Gasteiger partial charge < -0.3 is 10.4 Å². The van der Waals surface area contributed by atoms with E-state index in [0.717, 1.165) is 29.1 Å². The Labute approximate surface area is 123 Å². The monoisotopic (exact) mass is 282 g/mol. The fraction of sp³-hybridized carbons (Fsp3) is 0.250. The third kappa shape index (κ3) is 2.67. The zero-order valence-corrected chi connectivity index (χ0v) is 12.1. The third-order valence-electron chi connectivity index (χ3n) is 3.53. The van der Waals surface area contributed by atoms with Gasteiger partial charge in [-0.3, -0.25) is 0 Å². The second-order valence-electron chi connectivity index (χ2n) is 5.05. The molecule has 1 aromatic carbocycles. The summed E-state index contributed by atoms with van der Waals surface area (Å²) in [5, 5.41) is 17.1. The smallest absolute Gasteiger partial charge is 0.157 e. The summed E-state index contributed by atoms with van der Waals surface area (Å²) in [6.45, 7) is 4.16. The number of fused-ring (bicyclic) bond motifs is 1. The van der Waals surface area contributed by atoms with E-state index in [1.165, 1.54) is 0 Å². The van der Waals surface area contributed by atoms with Crippen molar-refractivity contribution in [1.29, 1.82) is 0 Å². The SMILES string of the molecule is CCc1cc(NC(C)c2ccc(O)cc2)n2nccc2n1. The van der Waals surface area contributed by atoms with Crippen molar-refractivity contribution in [3.05, 3.63) is 53.9 Å². The highest BCUT2D eigenvalue weighted by molar-refractivity contribution is 5.50. The lowest BCUT2D eigenvalue weighted by Gasteiger charge is -2.17. The quantitative estimate of drug-likeness (QED) is 0.771. The molecule has 0 saturated carbocycles. The molecule has 0 bridgehead atoms. The molecule has 0 radical (unpaired) electrons. The largest absolute Gasteiger partial charge is 0.508 e. The summed E-state index contributed by atoms with van der Waals surface area (Å²) in [7, 11) is 0. The topological polar surface area (TPSA) is 62.5 Å². The predicted octanol–water partition coefficient (Wildman–Crippen LogP) is 3.17. The fourth-order valence-electron chi connectivity index (χ4n) is 2.32. The van der Waals surface area contributed by atoms with Gasteiger partial charge in [-0.05, 0) is 31.0 Å².